The van der Waals surface area contributed by atoms with Crippen LogP contribution in [0.15, 0.2) is 41.5 Å². The van der Waals surface area contributed by atoms with Crippen molar-refractivity contribution < 1.29 is 38.8 Å². The van der Waals surface area contributed by atoms with Gasteiger partial charge in [0.15, 0.2) is 17.0 Å². The number of hydrogen-bond acceptors (Lipinski definition) is 8. The number of esters is 1. The summed E-state index contributed by atoms with van der Waals surface area (Å²) in [6.07, 6.45) is -0.589. The quantitative estimate of drug-likeness (QED) is 0.541. The van der Waals surface area contributed by atoms with E-state index in [1.54, 1.807) is 25.1 Å². The Morgan fingerprint density at radius 3 is 2.63 bits per heavy atom. The number of fused-ring (bicyclic) bond motifs is 1. The first-order valence-corrected chi connectivity index (χ1v) is 9.64. The summed E-state index contributed by atoms with van der Waals surface area (Å²) in [5, 5.41) is 21.8. The lowest BCUT2D eigenvalue weighted by Crippen LogP contribution is -2.54. The predicted molar refractivity (Wildman–Crippen MR) is 101 cm³/mol. The van der Waals surface area contributed by atoms with Crippen molar-refractivity contribution in [1.29, 1.82) is 0 Å². The molecule has 1 fully saturated rings. The SMILES string of the molecule is COc1cccc2c1[C@H](O)[C@@]13C=CC4=C(C(=O)[C@@H](O)[C@@H](C)[C@H]4OC(C)=O)[C@@]1(O3)C2=O. The molecular formula is C22H20O8. The fourth-order valence-electron chi connectivity index (χ4n) is 5.15. The molecule has 0 saturated carbocycles. The molecule has 5 rings (SSSR count). The fourth-order valence-corrected chi connectivity index (χ4v) is 5.15. The van der Waals surface area contributed by atoms with Crippen LogP contribution in [0.2, 0.25) is 0 Å². The topological polar surface area (TPSA) is 123 Å². The van der Waals surface area contributed by atoms with Gasteiger partial charge in [0.1, 0.15) is 24.1 Å². The van der Waals surface area contributed by atoms with E-state index in [0.717, 1.165) is 0 Å². The van der Waals surface area contributed by atoms with Gasteiger partial charge in [0.25, 0.3) is 0 Å². The number of carbonyl (C=O) groups excluding carboxylic acids is 3. The molecule has 1 aromatic carbocycles. The number of ketones is 2. The minimum absolute atomic E-state index is 0.0561. The first-order valence-electron chi connectivity index (χ1n) is 9.64. The minimum atomic E-state index is -1.77. The number of benzene rings is 1. The van der Waals surface area contributed by atoms with E-state index in [9.17, 15) is 24.6 Å². The van der Waals surface area contributed by atoms with Gasteiger partial charge in [-0.2, -0.15) is 0 Å². The van der Waals surface area contributed by atoms with Gasteiger partial charge in [0, 0.05) is 35.1 Å². The third-order valence-corrected chi connectivity index (χ3v) is 6.60. The molecule has 0 radical (unpaired) electrons. The summed E-state index contributed by atoms with van der Waals surface area (Å²) in [5.41, 5.74) is -2.52. The summed E-state index contributed by atoms with van der Waals surface area (Å²) in [6, 6.07) is 4.79. The highest BCUT2D eigenvalue weighted by Gasteiger charge is 2.83. The minimum Gasteiger partial charge on any atom is -0.496 e. The van der Waals surface area contributed by atoms with Crippen molar-refractivity contribution in [1.82, 2.24) is 0 Å². The molecule has 8 nitrogen and oxygen atoms in total. The Morgan fingerprint density at radius 2 is 1.97 bits per heavy atom. The fraction of sp³-hybridized carbons (Fsp3) is 0.409. The molecule has 30 heavy (non-hydrogen) atoms. The molecule has 0 aromatic heterocycles. The van der Waals surface area contributed by atoms with Gasteiger partial charge in [0.05, 0.1) is 7.11 Å². The highest BCUT2D eigenvalue weighted by atomic mass is 16.6. The molecular weight excluding hydrogens is 392 g/mol. The average Bonchev–Trinajstić information content (AvgIpc) is 3.44. The summed E-state index contributed by atoms with van der Waals surface area (Å²) >= 11 is 0. The van der Waals surface area contributed by atoms with Gasteiger partial charge >= 0.3 is 5.97 Å². The maximum absolute atomic E-state index is 13.6. The van der Waals surface area contributed by atoms with Crippen molar-refractivity contribution in [3.8, 4) is 5.75 Å². The van der Waals surface area contributed by atoms with Crippen LogP contribution in [0.25, 0.3) is 0 Å². The standard InChI is InChI=1S/C22H20O8/c1-9-16(24)17(25)15-12(18(9)29-10(2)23)7-8-21-20(27)14-11(5-4-6-13(14)28-3)19(26)22(15,21)30-21/h4-9,16,18,20,24,27H,1-3H3/t9-,16+,18-,20+,21+,22-/m1/s1. The van der Waals surface area contributed by atoms with E-state index >= 15 is 0 Å². The van der Waals surface area contributed by atoms with Gasteiger partial charge < -0.3 is 24.4 Å². The van der Waals surface area contributed by atoms with Crippen molar-refractivity contribution in [2.75, 3.05) is 7.11 Å². The van der Waals surface area contributed by atoms with Crippen molar-refractivity contribution in [2.45, 2.75) is 43.4 Å². The van der Waals surface area contributed by atoms with Crippen LogP contribution in [0.1, 0.15) is 35.9 Å². The van der Waals surface area contributed by atoms with Crippen LogP contribution in [0.4, 0.5) is 0 Å². The average molecular weight is 412 g/mol. The zero-order valence-corrected chi connectivity index (χ0v) is 16.5. The summed E-state index contributed by atoms with van der Waals surface area (Å²) in [7, 11) is 1.43. The number of carbonyl (C=O) groups is 3. The summed E-state index contributed by atoms with van der Waals surface area (Å²) in [5.74, 6) is -2.12. The Labute approximate surface area is 171 Å². The third kappa shape index (κ3) is 1.98. The molecule has 1 heterocycles. The first kappa shape index (κ1) is 19.2. The Morgan fingerprint density at radius 1 is 1.23 bits per heavy atom. The number of aliphatic hydroxyl groups excluding tert-OH is 2. The lowest BCUT2D eigenvalue weighted by Gasteiger charge is -2.40. The molecule has 0 unspecified atom stereocenters. The van der Waals surface area contributed by atoms with E-state index in [4.69, 9.17) is 14.2 Å². The van der Waals surface area contributed by atoms with Crippen molar-refractivity contribution in [3.63, 3.8) is 0 Å². The summed E-state index contributed by atoms with van der Waals surface area (Å²) in [6.45, 7) is 2.83. The van der Waals surface area contributed by atoms with E-state index in [1.807, 2.05) is 0 Å². The van der Waals surface area contributed by atoms with E-state index in [1.165, 1.54) is 26.2 Å². The Hall–Kier alpha value is -2.81. The Kier molecular flexibility index (Phi) is 3.75. The molecule has 4 aliphatic rings. The number of epoxide rings is 1. The molecule has 156 valence electrons. The van der Waals surface area contributed by atoms with Gasteiger partial charge in [0.2, 0.25) is 5.78 Å². The number of Topliss-reactive ketones (excluding diaryl/α,β-unsaturated/α-hetero) is 2. The highest BCUT2D eigenvalue weighted by Crippen LogP contribution is 2.68. The molecule has 2 N–H and O–H groups in total. The first-order chi connectivity index (χ1) is 14.2. The van der Waals surface area contributed by atoms with Crippen LogP contribution in [0.3, 0.4) is 0 Å². The zero-order valence-electron chi connectivity index (χ0n) is 16.5. The maximum Gasteiger partial charge on any atom is 0.303 e. The normalized spacial score (nSPS) is 38.3. The second-order valence-electron chi connectivity index (χ2n) is 8.09. The van der Waals surface area contributed by atoms with Crippen molar-refractivity contribution >= 4 is 17.5 Å². The molecule has 1 aromatic rings. The van der Waals surface area contributed by atoms with Gasteiger partial charge in [-0.1, -0.05) is 25.1 Å². The number of ether oxygens (including phenoxy) is 3. The zero-order chi connectivity index (χ0) is 21.6. The smallest absolute Gasteiger partial charge is 0.303 e. The van der Waals surface area contributed by atoms with Crippen LogP contribution in [0, 0.1) is 5.92 Å². The van der Waals surface area contributed by atoms with Crippen LogP contribution >= 0.6 is 0 Å². The lowest BCUT2D eigenvalue weighted by atomic mass is 9.62. The van der Waals surface area contributed by atoms with E-state index in [0.29, 0.717) is 16.9 Å². The largest absolute Gasteiger partial charge is 0.496 e. The number of rotatable bonds is 2. The molecule has 1 saturated heterocycles. The van der Waals surface area contributed by atoms with Crippen LogP contribution in [0.5, 0.6) is 5.75 Å². The highest BCUT2D eigenvalue weighted by molar-refractivity contribution is 6.20. The summed E-state index contributed by atoms with van der Waals surface area (Å²) < 4.78 is 16.6. The Balaban J connectivity index is 1.75. The second kappa shape index (κ2) is 5.87. The van der Waals surface area contributed by atoms with Gasteiger partial charge in [-0.3, -0.25) is 14.4 Å². The molecule has 0 amide bonds. The van der Waals surface area contributed by atoms with Crippen LogP contribution in [-0.4, -0.2) is 58.3 Å². The molecule has 3 aliphatic carbocycles. The summed E-state index contributed by atoms with van der Waals surface area (Å²) in [4.78, 5) is 38.4. The second-order valence-corrected chi connectivity index (χ2v) is 8.09. The molecule has 6 atom stereocenters. The molecule has 0 bridgehead atoms. The monoisotopic (exact) mass is 412 g/mol. The molecule has 0 spiro atoms. The predicted octanol–water partition coefficient (Wildman–Crippen LogP) is 0.810. The van der Waals surface area contributed by atoms with Crippen LogP contribution < -0.4 is 4.74 Å². The maximum atomic E-state index is 13.6. The van der Waals surface area contributed by atoms with Crippen molar-refractivity contribution in [2.24, 2.45) is 5.92 Å². The molecule has 1 aliphatic heterocycles. The number of methoxy groups -OCH3 is 1. The van der Waals surface area contributed by atoms with Gasteiger partial charge in [-0.15, -0.1) is 0 Å². The Bertz CT molecular complexity index is 1080. The van der Waals surface area contributed by atoms with Crippen molar-refractivity contribution in [3.05, 3.63) is 52.6 Å². The van der Waals surface area contributed by atoms with Gasteiger partial charge in [-0.05, 0) is 12.1 Å². The van der Waals surface area contributed by atoms with E-state index < -0.39 is 53.0 Å². The van der Waals surface area contributed by atoms with Crippen LogP contribution in [-0.2, 0) is 19.1 Å². The number of aliphatic hydroxyl groups is 2. The third-order valence-electron chi connectivity index (χ3n) is 6.60. The lowest BCUT2D eigenvalue weighted by molar-refractivity contribution is -0.151. The van der Waals surface area contributed by atoms with E-state index in [-0.39, 0.29) is 11.1 Å². The number of hydrogen-bond donors (Lipinski definition) is 2. The van der Waals surface area contributed by atoms with Gasteiger partial charge in [-0.25, -0.2) is 0 Å². The molecule has 8 heteroatoms. The van der Waals surface area contributed by atoms with E-state index in [2.05, 4.69) is 0 Å².